The molecule has 0 aromatic heterocycles. The first-order valence-corrected chi connectivity index (χ1v) is 8.69. The predicted molar refractivity (Wildman–Crippen MR) is 85.3 cm³/mol. The molecular formula is C18H22Cl2. The topological polar surface area (TPSA) is 0 Å². The average Bonchev–Trinajstić information content (AvgIpc) is 2.36. The zero-order valence-corrected chi connectivity index (χ0v) is 13.6. The highest BCUT2D eigenvalue weighted by Crippen LogP contribution is 2.69. The summed E-state index contributed by atoms with van der Waals surface area (Å²) >= 11 is 13.0. The maximum absolute atomic E-state index is 7.00. The van der Waals surface area contributed by atoms with Crippen LogP contribution in [0.15, 0.2) is 24.3 Å². The van der Waals surface area contributed by atoms with Gasteiger partial charge in [-0.2, -0.15) is 0 Å². The van der Waals surface area contributed by atoms with Gasteiger partial charge in [-0.3, -0.25) is 0 Å². The predicted octanol–water partition coefficient (Wildman–Crippen LogP) is 6.23. The van der Waals surface area contributed by atoms with Gasteiger partial charge in [0.1, 0.15) is 0 Å². The van der Waals surface area contributed by atoms with Crippen molar-refractivity contribution in [3.8, 4) is 0 Å². The van der Waals surface area contributed by atoms with Crippen molar-refractivity contribution in [3.63, 3.8) is 0 Å². The Balaban J connectivity index is 1.68. The van der Waals surface area contributed by atoms with E-state index in [1.165, 1.54) is 44.1 Å². The molecule has 0 N–H and O–H groups in total. The summed E-state index contributed by atoms with van der Waals surface area (Å²) in [6.07, 6.45) is 8.35. The maximum Gasteiger partial charge on any atom is 0.0641 e. The van der Waals surface area contributed by atoms with Gasteiger partial charge in [0.25, 0.3) is 0 Å². The second-order valence-corrected chi connectivity index (χ2v) is 8.92. The molecule has 0 saturated heterocycles. The van der Waals surface area contributed by atoms with Crippen LogP contribution in [0.25, 0.3) is 0 Å². The number of benzene rings is 1. The maximum atomic E-state index is 7.00. The minimum atomic E-state index is 0.157. The third kappa shape index (κ3) is 2.03. The number of rotatable bonds is 2. The second kappa shape index (κ2) is 4.40. The average molecular weight is 309 g/mol. The molecule has 0 amide bonds. The van der Waals surface area contributed by atoms with E-state index in [0.717, 1.165) is 16.9 Å². The highest BCUT2D eigenvalue weighted by Gasteiger charge is 2.58. The van der Waals surface area contributed by atoms with Gasteiger partial charge in [0, 0.05) is 5.02 Å². The van der Waals surface area contributed by atoms with E-state index in [0.29, 0.717) is 10.8 Å². The molecule has 0 nitrogen and oxygen atoms in total. The van der Waals surface area contributed by atoms with Crippen LogP contribution >= 0.6 is 23.2 Å². The van der Waals surface area contributed by atoms with E-state index in [1.54, 1.807) is 0 Å². The van der Waals surface area contributed by atoms with E-state index in [1.807, 2.05) is 12.1 Å². The van der Waals surface area contributed by atoms with Crippen molar-refractivity contribution in [3.05, 3.63) is 34.9 Å². The van der Waals surface area contributed by atoms with Gasteiger partial charge in [-0.25, -0.2) is 0 Å². The molecule has 20 heavy (non-hydrogen) atoms. The summed E-state index contributed by atoms with van der Waals surface area (Å²) in [5.74, 6) is 1.85. The molecule has 4 fully saturated rings. The molecule has 0 aliphatic heterocycles. The molecule has 1 aromatic rings. The SMILES string of the molecule is CC12CC3CC(C1)CC(C(Cl)c1ccc(Cl)cc1)(C3)C2. The molecule has 3 unspecified atom stereocenters. The zero-order valence-electron chi connectivity index (χ0n) is 12.0. The molecule has 0 spiro atoms. The molecule has 3 atom stereocenters. The van der Waals surface area contributed by atoms with Gasteiger partial charge in [0.2, 0.25) is 0 Å². The van der Waals surface area contributed by atoms with E-state index < -0.39 is 0 Å². The molecule has 1 aromatic carbocycles. The number of alkyl halides is 1. The Bertz CT molecular complexity index is 505. The van der Waals surface area contributed by atoms with Gasteiger partial charge < -0.3 is 0 Å². The first-order chi connectivity index (χ1) is 9.48. The van der Waals surface area contributed by atoms with Gasteiger partial charge in [-0.05, 0) is 78.9 Å². The van der Waals surface area contributed by atoms with Crippen LogP contribution in [0.3, 0.4) is 0 Å². The Morgan fingerprint density at radius 3 is 2.20 bits per heavy atom. The molecule has 0 heterocycles. The summed E-state index contributed by atoms with van der Waals surface area (Å²) in [5, 5.41) is 0.958. The number of hydrogen-bond acceptors (Lipinski definition) is 0. The van der Waals surface area contributed by atoms with Crippen LogP contribution in [0, 0.1) is 22.7 Å². The molecule has 108 valence electrons. The highest BCUT2D eigenvalue weighted by atomic mass is 35.5. The monoisotopic (exact) mass is 308 g/mol. The summed E-state index contributed by atoms with van der Waals surface area (Å²) in [4.78, 5) is 0. The Labute approximate surface area is 131 Å². The molecule has 2 heteroatoms. The molecule has 4 aliphatic rings. The lowest BCUT2D eigenvalue weighted by Crippen LogP contribution is -2.52. The van der Waals surface area contributed by atoms with Crippen molar-refractivity contribution in [2.24, 2.45) is 22.7 Å². The van der Waals surface area contributed by atoms with Crippen LogP contribution in [-0.2, 0) is 0 Å². The van der Waals surface area contributed by atoms with Crippen LogP contribution in [0.5, 0.6) is 0 Å². The normalized spacial score (nSPS) is 43.8. The lowest BCUT2D eigenvalue weighted by molar-refractivity contribution is -0.103. The minimum Gasteiger partial charge on any atom is -0.117 e. The second-order valence-electron chi connectivity index (χ2n) is 8.05. The van der Waals surface area contributed by atoms with E-state index >= 15 is 0 Å². The number of hydrogen-bond donors (Lipinski definition) is 0. The fourth-order valence-electron chi connectivity index (χ4n) is 6.08. The zero-order chi connectivity index (χ0) is 14.0. The van der Waals surface area contributed by atoms with Crippen molar-refractivity contribution in [1.82, 2.24) is 0 Å². The summed E-state index contributed by atoms with van der Waals surface area (Å²) < 4.78 is 0. The Morgan fingerprint density at radius 1 is 1.05 bits per heavy atom. The largest absolute Gasteiger partial charge is 0.117 e. The quantitative estimate of drug-likeness (QED) is 0.568. The minimum absolute atomic E-state index is 0.157. The Kier molecular flexibility index (Phi) is 2.96. The van der Waals surface area contributed by atoms with Crippen molar-refractivity contribution in [1.29, 1.82) is 0 Å². The third-order valence-corrected chi connectivity index (χ3v) is 7.07. The molecule has 4 aliphatic carbocycles. The van der Waals surface area contributed by atoms with Crippen LogP contribution < -0.4 is 0 Å². The molecule has 5 rings (SSSR count). The summed E-state index contributed by atoms with van der Waals surface area (Å²) in [7, 11) is 0. The van der Waals surface area contributed by atoms with Gasteiger partial charge in [-0.15, -0.1) is 11.6 Å². The standard InChI is InChI=1S/C18H22Cl2/c1-17-7-12-6-13(8-17)10-18(9-12,11-17)16(20)14-2-4-15(19)5-3-14/h2-5,12-13,16H,6-11H2,1H3. The van der Waals surface area contributed by atoms with Crippen molar-refractivity contribution >= 4 is 23.2 Å². The molecule has 4 saturated carbocycles. The summed E-state index contributed by atoms with van der Waals surface area (Å²) in [6, 6.07) is 8.21. The van der Waals surface area contributed by atoms with Gasteiger partial charge in [0.05, 0.1) is 5.38 Å². The van der Waals surface area contributed by atoms with Crippen LogP contribution in [0.1, 0.15) is 56.4 Å². The fraction of sp³-hybridized carbons (Fsp3) is 0.667. The van der Waals surface area contributed by atoms with Gasteiger partial charge in [-0.1, -0.05) is 30.7 Å². The third-order valence-electron chi connectivity index (χ3n) is 6.10. The first-order valence-electron chi connectivity index (χ1n) is 7.88. The molecular weight excluding hydrogens is 287 g/mol. The summed E-state index contributed by atoms with van der Waals surface area (Å²) in [5.41, 5.74) is 2.17. The fourth-order valence-corrected chi connectivity index (χ4v) is 6.61. The van der Waals surface area contributed by atoms with Crippen molar-refractivity contribution < 1.29 is 0 Å². The van der Waals surface area contributed by atoms with E-state index in [2.05, 4.69) is 19.1 Å². The van der Waals surface area contributed by atoms with Gasteiger partial charge >= 0.3 is 0 Å². The van der Waals surface area contributed by atoms with E-state index in [4.69, 9.17) is 23.2 Å². The summed E-state index contributed by atoms with van der Waals surface area (Å²) in [6.45, 7) is 2.50. The highest BCUT2D eigenvalue weighted by molar-refractivity contribution is 6.30. The first kappa shape index (κ1) is 13.5. The van der Waals surface area contributed by atoms with Crippen LogP contribution in [0.2, 0.25) is 5.02 Å². The van der Waals surface area contributed by atoms with E-state index in [-0.39, 0.29) is 5.38 Å². The lowest BCUT2D eigenvalue weighted by Gasteiger charge is -2.62. The van der Waals surface area contributed by atoms with Crippen molar-refractivity contribution in [2.45, 2.75) is 50.8 Å². The lowest BCUT2D eigenvalue weighted by atomic mass is 9.43. The van der Waals surface area contributed by atoms with Crippen LogP contribution in [0.4, 0.5) is 0 Å². The molecule has 4 bridgehead atoms. The Hall–Kier alpha value is -0.200. The Morgan fingerprint density at radius 2 is 1.65 bits per heavy atom. The molecule has 0 radical (unpaired) electrons. The van der Waals surface area contributed by atoms with Crippen LogP contribution in [-0.4, -0.2) is 0 Å². The van der Waals surface area contributed by atoms with E-state index in [9.17, 15) is 0 Å². The van der Waals surface area contributed by atoms with Crippen molar-refractivity contribution in [2.75, 3.05) is 0 Å². The number of halogens is 2. The smallest absolute Gasteiger partial charge is 0.0641 e. The van der Waals surface area contributed by atoms with Gasteiger partial charge in [0.15, 0.2) is 0 Å².